The molecule has 1 aromatic rings. The minimum Gasteiger partial charge on any atom is -0.385 e. The lowest BCUT2D eigenvalue weighted by Gasteiger charge is -2.16. The van der Waals surface area contributed by atoms with E-state index in [1.54, 1.807) is 19.9 Å². The molecule has 1 atom stereocenters. The molecule has 8 heteroatoms. The van der Waals surface area contributed by atoms with Crippen LogP contribution in [0.5, 0.6) is 0 Å². The van der Waals surface area contributed by atoms with Gasteiger partial charge in [-0.15, -0.1) is 0 Å². The van der Waals surface area contributed by atoms with Crippen LogP contribution in [-0.4, -0.2) is 38.6 Å². The quantitative estimate of drug-likeness (QED) is 0.712. The summed E-state index contributed by atoms with van der Waals surface area (Å²) in [4.78, 5) is -0.0461. The van der Waals surface area contributed by atoms with Gasteiger partial charge in [0.1, 0.15) is 11.0 Å². The molecule has 0 fully saturated rings. The van der Waals surface area contributed by atoms with Crippen LogP contribution in [0.1, 0.15) is 13.8 Å². The average molecular weight is 308 g/mol. The van der Waals surface area contributed by atoms with Gasteiger partial charge in [-0.05, 0) is 26.0 Å². The van der Waals surface area contributed by atoms with Gasteiger partial charge in [0.25, 0.3) is 6.43 Å². The molecule has 0 aliphatic carbocycles. The second-order valence-electron chi connectivity index (χ2n) is 4.55. The normalized spacial score (nSPS) is 13.8. The lowest BCUT2D eigenvalue weighted by atomic mass is 10.3. The fourth-order valence-corrected chi connectivity index (χ4v) is 2.96. The van der Waals surface area contributed by atoms with Crippen molar-refractivity contribution in [2.24, 2.45) is 0 Å². The summed E-state index contributed by atoms with van der Waals surface area (Å²) in [6, 6.07) is 5.63. The molecule has 0 saturated carbocycles. The van der Waals surface area contributed by atoms with E-state index in [4.69, 9.17) is 5.11 Å². The van der Waals surface area contributed by atoms with Gasteiger partial charge in [-0.2, -0.15) is 0 Å². The fraction of sp³-hybridized carbons (Fsp3) is 0.500. The van der Waals surface area contributed by atoms with Crippen molar-refractivity contribution >= 4 is 15.7 Å². The number of aliphatic hydroxyl groups is 1. The largest absolute Gasteiger partial charge is 0.385 e. The molecule has 0 saturated heterocycles. The molecule has 0 aromatic heterocycles. The van der Waals surface area contributed by atoms with E-state index in [0.717, 1.165) is 0 Å². The first-order valence-corrected chi connectivity index (χ1v) is 7.54. The van der Waals surface area contributed by atoms with E-state index in [2.05, 4.69) is 10.0 Å². The Bertz CT molecular complexity index is 535. The van der Waals surface area contributed by atoms with Crippen LogP contribution in [0.2, 0.25) is 0 Å². The van der Waals surface area contributed by atoms with Crippen molar-refractivity contribution < 1.29 is 22.3 Å². The van der Waals surface area contributed by atoms with E-state index >= 15 is 0 Å². The first-order valence-electron chi connectivity index (χ1n) is 6.05. The van der Waals surface area contributed by atoms with Crippen molar-refractivity contribution in [2.75, 3.05) is 11.9 Å². The maximum Gasteiger partial charge on any atom is 0.265 e. The molecule has 3 N–H and O–H groups in total. The summed E-state index contributed by atoms with van der Waals surface area (Å²) in [5, 5.41) is 11.6. The third-order valence-corrected chi connectivity index (χ3v) is 4.08. The molecule has 1 unspecified atom stereocenters. The van der Waals surface area contributed by atoms with Crippen molar-refractivity contribution in [1.82, 2.24) is 4.72 Å². The number of benzene rings is 1. The monoisotopic (exact) mass is 308 g/mol. The number of halogens is 2. The Kier molecular flexibility index (Phi) is 5.85. The second kappa shape index (κ2) is 6.96. The number of para-hydroxylation sites is 1. The number of anilines is 1. The van der Waals surface area contributed by atoms with Crippen molar-refractivity contribution in [3.8, 4) is 0 Å². The summed E-state index contributed by atoms with van der Waals surface area (Å²) < 4.78 is 51.0. The molecule has 0 bridgehead atoms. The molecule has 0 heterocycles. The van der Waals surface area contributed by atoms with Crippen LogP contribution >= 0.6 is 0 Å². The predicted octanol–water partition coefficient (Wildman–Crippen LogP) is 1.41. The fourth-order valence-electron chi connectivity index (χ4n) is 1.52. The van der Waals surface area contributed by atoms with Crippen LogP contribution in [0.25, 0.3) is 0 Å². The highest BCUT2D eigenvalue weighted by molar-refractivity contribution is 7.89. The third kappa shape index (κ3) is 4.69. The molecule has 5 nitrogen and oxygen atoms in total. The van der Waals surface area contributed by atoms with E-state index in [1.807, 2.05) is 0 Å². The third-order valence-electron chi connectivity index (χ3n) is 2.36. The van der Waals surface area contributed by atoms with E-state index in [0.29, 0.717) is 0 Å². The highest BCUT2D eigenvalue weighted by Crippen LogP contribution is 2.21. The number of alkyl halides is 2. The molecule has 1 aromatic carbocycles. The van der Waals surface area contributed by atoms with Gasteiger partial charge >= 0.3 is 0 Å². The maximum absolute atomic E-state index is 12.2. The van der Waals surface area contributed by atoms with E-state index < -0.39 is 29.1 Å². The minimum absolute atomic E-state index is 0.0461. The Hall–Kier alpha value is -1.25. The van der Waals surface area contributed by atoms with Gasteiger partial charge in [-0.3, -0.25) is 0 Å². The number of sulfonamides is 1. The van der Waals surface area contributed by atoms with Crippen LogP contribution in [0.3, 0.4) is 0 Å². The average Bonchev–Trinajstić information content (AvgIpc) is 2.34. The SMILES string of the molecule is CC(C)NS(=O)(=O)c1ccccc1NCC(O)C(F)F. The second-order valence-corrected chi connectivity index (χ2v) is 6.24. The number of aliphatic hydroxyl groups excluding tert-OH is 1. The molecule has 0 spiro atoms. The first kappa shape index (κ1) is 16.8. The van der Waals surface area contributed by atoms with Gasteiger partial charge in [0.05, 0.1) is 5.69 Å². The summed E-state index contributed by atoms with van der Waals surface area (Å²) in [6.45, 7) is 2.91. The Labute approximate surface area is 117 Å². The lowest BCUT2D eigenvalue weighted by molar-refractivity contribution is 0.00382. The highest BCUT2D eigenvalue weighted by atomic mass is 32.2. The molecule has 20 heavy (non-hydrogen) atoms. The van der Waals surface area contributed by atoms with E-state index in [-0.39, 0.29) is 16.6 Å². The predicted molar refractivity (Wildman–Crippen MR) is 72.4 cm³/mol. The maximum atomic E-state index is 12.2. The number of hydrogen-bond acceptors (Lipinski definition) is 4. The summed E-state index contributed by atoms with van der Waals surface area (Å²) >= 11 is 0. The Morgan fingerprint density at radius 2 is 1.85 bits per heavy atom. The van der Waals surface area contributed by atoms with Gasteiger partial charge < -0.3 is 10.4 Å². The molecule has 0 amide bonds. The zero-order valence-corrected chi connectivity index (χ0v) is 12.0. The molecule has 0 aliphatic heterocycles. The van der Waals surface area contributed by atoms with Gasteiger partial charge in [0.15, 0.2) is 0 Å². The summed E-state index contributed by atoms with van der Waals surface area (Å²) in [7, 11) is -3.74. The topological polar surface area (TPSA) is 78.4 Å². The van der Waals surface area contributed by atoms with Crippen LogP contribution in [0, 0.1) is 0 Å². The molecule has 1 rings (SSSR count). The first-order chi connectivity index (χ1) is 9.24. The Balaban J connectivity index is 2.94. The number of hydrogen-bond donors (Lipinski definition) is 3. The van der Waals surface area contributed by atoms with Gasteiger partial charge in [0, 0.05) is 12.6 Å². The molecule has 0 radical (unpaired) electrons. The van der Waals surface area contributed by atoms with Gasteiger partial charge in [0.2, 0.25) is 10.0 Å². The summed E-state index contributed by atoms with van der Waals surface area (Å²) in [5.41, 5.74) is 0.167. The van der Waals surface area contributed by atoms with Crippen LogP contribution in [0.4, 0.5) is 14.5 Å². The summed E-state index contributed by atoms with van der Waals surface area (Å²) in [6.07, 6.45) is -4.75. The van der Waals surface area contributed by atoms with Crippen LogP contribution in [0.15, 0.2) is 29.2 Å². The Morgan fingerprint density at radius 1 is 1.25 bits per heavy atom. The molecular weight excluding hydrogens is 290 g/mol. The smallest absolute Gasteiger partial charge is 0.265 e. The number of nitrogens with one attached hydrogen (secondary N) is 2. The highest BCUT2D eigenvalue weighted by Gasteiger charge is 2.21. The van der Waals surface area contributed by atoms with E-state index in [1.165, 1.54) is 18.2 Å². The van der Waals surface area contributed by atoms with Crippen molar-refractivity contribution in [3.05, 3.63) is 24.3 Å². The number of rotatable bonds is 7. The molecule has 0 aliphatic rings. The van der Waals surface area contributed by atoms with Gasteiger partial charge in [-0.25, -0.2) is 21.9 Å². The van der Waals surface area contributed by atoms with Crippen molar-refractivity contribution in [1.29, 1.82) is 0 Å². The van der Waals surface area contributed by atoms with Crippen molar-refractivity contribution in [2.45, 2.75) is 37.3 Å². The van der Waals surface area contributed by atoms with Gasteiger partial charge in [-0.1, -0.05) is 12.1 Å². The Morgan fingerprint density at radius 3 is 2.40 bits per heavy atom. The standard InChI is InChI=1S/C12H18F2N2O3S/c1-8(2)16-20(18,19)11-6-4-3-5-9(11)15-7-10(17)12(13)14/h3-6,8,10,12,15-17H,7H2,1-2H3. The lowest BCUT2D eigenvalue weighted by Crippen LogP contribution is -2.32. The zero-order chi connectivity index (χ0) is 15.3. The summed E-state index contributed by atoms with van der Waals surface area (Å²) in [5.74, 6) is 0. The van der Waals surface area contributed by atoms with Crippen LogP contribution < -0.4 is 10.0 Å². The molecular formula is C12H18F2N2O3S. The van der Waals surface area contributed by atoms with Crippen molar-refractivity contribution in [3.63, 3.8) is 0 Å². The zero-order valence-electron chi connectivity index (χ0n) is 11.2. The van der Waals surface area contributed by atoms with E-state index in [9.17, 15) is 17.2 Å². The minimum atomic E-state index is -3.74. The molecule has 114 valence electrons. The van der Waals surface area contributed by atoms with Crippen LogP contribution in [-0.2, 0) is 10.0 Å².